The largest absolute Gasteiger partial charge is 0.368 e. The molecule has 7 nitrogen and oxygen atoms in total. The third kappa shape index (κ3) is 2.15. The van der Waals surface area contributed by atoms with Crippen LogP contribution in [0.5, 0.6) is 0 Å². The highest BCUT2D eigenvalue weighted by Gasteiger charge is 2.02. The van der Waals surface area contributed by atoms with Crippen LogP contribution in [-0.4, -0.2) is 36.3 Å². The van der Waals surface area contributed by atoms with Crippen LogP contribution in [0.2, 0.25) is 0 Å². The zero-order chi connectivity index (χ0) is 12.2. The summed E-state index contributed by atoms with van der Waals surface area (Å²) in [7, 11) is 0. The van der Waals surface area contributed by atoms with Crippen molar-refractivity contribution in [3.05, 3.63) is 36.8 Å². The SMILES string of the molecule is c1n[nH]c(CCCNc2nccn3nccc23)n1. The van der Waals surface area contributed by atoms with Crippen molar-refractivity contribution in [2.75, 3.05) is 11.9 Å². The predicted octanol–water partition coefficient (Wildman–Crippen LogP) is 0.892. The summed E-state index contributed by atoms with van der Waals surface area (Å²) >= 11 is 0. The Balaban J connectivity index is 1.58. The van der Waals surface area contributed by atoms with Gasteiger partial charge in [0.25, 0.3) is 0 Å². The summed E-state index contributed by atoms with van der Waals surface area (Å²) in [5, 5.41) is 14.1. The number of nitrogens with zero attached hydrogens (tertiary/aromatic N) is 5. The summed E-state index contributed by atoms with van der Waals surface area (Å²) in [5.41, 5.74) is 0.983. The number of aromatic amines is 1. The van der Waals surface area contributed by atoms with Crippen molar-refractivity contribution in [3.63, 3.8) is 0 Å². The van der Waals surface area contributed by atoms with Gasteiger partial charge in [-0.15, -0.1) is 0 Å². The van der Waals surface area contributed by atoms with Gasteiger partial charge in [-0.2, -0.15) is 10.2 Å². The second-order valence-electron chi connectivity index (χ2n) is 3.90. The molecule has 0 atom stereocenters. The van der Waals surface area contributed by atoms with E-state index in [2.05, 4.69) is 30.6 Å². The number of H-pyrrole nitrogens is 1. The lowest BCUT2D eigenvalue weighted by molar-refractivity contribution is 0.803. The molecule has 0 amide bonds. The van der Waals surface area contributed by atoms with Crippen molar-refractivity contribution in [2.24, 2.45) is 0 Å². The molecular formula is C11H13N7. The molecule has 3 aromatic rings. The molecule has 7 heteroatoms. The number of fused-ring (bicyclic) bond motifs is 1. The van der Waals surface area contributed by atoms with Gasteiger partial charge in [-0.25, -0.2) is 14.5 Å². The van der Waals surface area contributed by atoms with E-state index in [-0.39, 0.29) is 0 Å². The van der Waals surface area contributed by atoms with Gasteiger partial charge in [0.2, 0.25) is 0 Å². The van der Waals surface area contributed by atoms with E-state index >= 15 is 0 Å². The first-order valence-electron chi connectivity index (χ1n) is 5.80. The Hall–Kier alpha value is -2.44. The van der Waals surface area contributed by atoms with E-state index in [0.717, 1.165) is 36.5 Å². The van der Waals surface area contributed by atoms with Crippen molar-refractivity contribution in [3.8, 4) is 0 Å². The minimum atomic E-state index is 0.832. The quantitative estimate of drug-likeness (QED) is 0.650. The van der Waals surface area contributed by atoms with E-state index in [9.17, 15) is 0 Å². The Labute approximate surface area is 103 Å². The fourth-order valence-electron chi connectivity index (χ4n) is 1.81. The van der Waals surface area contributed by atoms with Gasteiger partial charge < -0.3 is 5.32 Å². The Kier molecular flexibility index (Phi) is 2.87. The number of rotatable bonds is 5. The molecule has 0 unspecified atom stereocenters. The smallest absolute Gasteiger partial charge is 0.152 e. The van der Waals surface area contributed by atoms with Crippen molar-refractivity contribution < 1.29 is 0 Å². The minimum Gasteiger partial charge on any atom is -0.368 e. The fourth-order valence-corrected chi connectivity index (χ4v) is 1.81. The molecule has 0 aromatic carbocycles. The number of aryl methyl sites for hydroxylation is 1. The first-order valence-corrected chi connectivity index (χ1v) is 5.80. The lowest BCUT2D eigenvalue weighted by Gasteiger charge is -2.05. The molecule has 0 aliphatic carbocycles. The van der Waals surface area contributed by atoms with E-state index in [4.69, 9.17) is 0 Å². The summed E-state index contributed by atoms with van der Waals surface area (Å²) in [5.74, 6) is 1.76. The molecule has 2 N–H and O–H groups in total. The van der Waals surface area contributed by atoms with E-state index < -0.39 is 0 Å². The average molecular weight is 243 g/mol. The first-order chi connectivity index (χ1) is 8.93. The second kappa shape index (κ2) is 4.82. The molecule has 0 aliphatic rings. The summed E-state index contributed by atoms with van der Waals surface area (Å²) in [6.07, 6.45) is 8.68. The van der Waals surface area contributed by atoms with Crippen LogP contribution in [0.15, 0.2) is 31.0 Å². The zero-order valence-electron chi connectivity index (χ0n) is 9.74. The van der Waals surface area contributed by atoms with Gasteiger partial charge in [0, 0.05) is 25.4 Å². The molecule has 0 radical (unpaired) electrons. The van der Waals surface area contributed by atoms with Crippen molar-refractivity contribution >= 4 is 11.3 Å². The van der Waals surface area contributed by atoms with Crippen molar-refractivity contribution in [2.45, 2.75) is 12.8 Å². The van der Waals surface area contributed by atoms with Gasteiger partial charge in [-0.3, -0.25) is 5.10 Å². The fraction of sp³-hybridized carbons (Fsp3) is 0.273. The van der Waals surface area contributed by atoms with Crippen LogP contribution in [0.25, 0.3) is 5.52 Å². The summed E-state index contributed by atoms with van der Waals surface area (Å²) < 4.78 is 1.80. The minimum absolute atomic E-state index is 0.832. The van der Waals surface area contributed by atoms with Gasteiger partial charge in [0.1, 0.15) is 17.7 Å². The van der Waals surface area contributed by atoms with Gasteiger partial charge in [0.15, 0.2) is 5.82 Å². The predicted molar refractivity (Wildman–Crippen MR) is 66.2 cm³/mol. The van der Waals surface area contributed by atoms with Gasteiger partial charge in [0.05, 0.1) is 6.20 Å². The third-order valence-corrected chi connectivity index (χ3v) is 2.67. The van der Waals surface area contributed by atoms with E-state index in [1.54, 1.807) is 16.9 Å². The monoisotopic (exact) mass is 243 g/mol. The Bertz CT molecular complexity index is 613. The summed E-state index contributed by atoms with van der Waals surface area (Å²) in [4.78, 5) is 8.38. The van der Waals surface area contributed by atoms with Crippen molar-refractivity contribution in [1.82, 2.24) is 29.8 Å². The number of aromatic nitrogens is 6. The molecule has 0 saturated carbocycles. The van der Waals surface area contributed by atoms with Gasteiger partial charge in [-0.1, -0.05) is 0 Å². The zero-order valence-corrected chi connectivity index (χ0v) is 9.74. The van der Waals surface area contributed by atoms with Crippen LogP contribution in [0, 0.1) is 0 Å². The lowest BCUT2D eigenvalue weighted by atomic mass is 10.3. The number of anilines is 1. The van der Waals surface area contributed by atoms with Crippen LogP contribution >= 0.6 is 0 Å². The normalized spacial score (nSPS) is 10.9. The summed E-state index contributed by atoms with van der Waals surface area (Å²) in [6.45, 7) is 0.832. The van der Waals surface area contributed by atoms with Gasteiger partial charge >= 0.3 is 0 Å². The van der Waals surface area contributed by atoms with Gasteiger partial charge in [-0.05, 0) is 12.5 Å². The number of hydrogen-bond donors (Lipinski definition) is 2. The Morgan fingerprint density at radius 2 is 2.28 bits per heavy atom. The van der Waals surface area contributed by atoms with E-state index in [0.29, 0.717) is 0 Å². The van der Waals surface area contributed by atoms with Crippen LogP contribution in [-0.2, 0) is 6.42 Å². The molecule has 0 saturated heterocycles. The molecule has 0 spiro atoms. The maximum atomic E-state index is 4.31. The molecule has 92 valence electrons. The Morgan fingerprint density at radius 1 is 1.28 bits per heavy atom. The summed E-state index contributed by atoms with van der Waals surface area (Å²) in [6, 6.07) is 1.94. The van der Waals surface area contributed by atoms with Crippen LogP contribution in [0.3, 0.4) is 0 Å². The van der Waals surface area contributed by atoms with Crippen LogP contribution in [0.4, 0.5) is 5.82 Å². The highest BCUT2D eigenvalue weighted by atomic mass is 15.2. The highest BCUT2D eigenvalue weighted by Crippen LogP contribution is 2.12. The third-order valence-electron chi connectivity index (χ3n) is 2.67. The molecule has 3 rings (SSSR count). The maximum Gasteiger partial charge on any atom is 0.152 e. The molecule has 0 aliphatic heterocycles. The lowest BCUT2D eigenvalue weighted by Crippen LogP contribution is -2.06. The first kappa shape index (κ1) is 10.7. The molecule has 18 heavy (non-hydrogen) atoms. The molecule has 3 heterocycles. The maximum absolute atomic E-state index is 4.31. The molecule has 0 fully saturated rings. The Morgan fingerprint density at radius 3 is 3.17 bits per heavy atom. The molecule has 3 aromatic heterocycles. The number of hydrogen-bond acceptors (Lipinski definition) is 5. The van der Waals surface area contributed by atoms with Crippen LogP contribution < -0.4 is 5.32 Å². The molecular weight excluding hydrogens is 230 g/mol. The second-order valence-corrected chi connectivity index (χ2v) is 3.90. The van der Waals surface area contributed by atoms with E-state index in [1.165, 1.54) is 6.33 Å². The van der Waals surface area contributed by atoms with Crippen LogP contribution in [0.1, 0.15) is 12.2 Å². The topological polar surface area (TPSA) is 83.8 Å². The van der Waals surface area contributed by atoms with Crippen molar-refractivity contribution in [1.29, 1.82) is 0 Å². The van der Waals surface area contributed by atoms with E-state index in [1.807, 2.05) is 12.3 Å². The molecule has 0 bridgehead atoms. The number of nitrogens with one attached hydrogen (secondary N) is 2. The highest BCUT2D eigenvalue weighted by molar-refractivity contribution is 5.66. The standard InChI is InChI=1S/C11H13N7/c1(2-10-14-8-15-17-10)4-12-11-9-3-5-16-18(9)7-6-13-11/h3,5-8H,1-2,4H2,(H,12,13)(H,14,15,17). The average Bonchev–Trinajstić information content (AvgIpc) is 3.05.